The van der Waals surface area contributed by atoms with Gasteiger partial charge in [-0.2, -0.15) is 0 Å². The molecule has 2 heterocycles. The zero-order chi connectivity index (χ0) is 15.7. The number of carbonyl (C=O) groups excluding carboxylic acids is 1. The monoisotopic (exact) mass is 337 g/mol. The molecule has 0 N–H and O–H groups in total. The van der Waals surface area contributed by atoms with Crippen LogP contribution in [0.2, 0.25) is 0 Å². The van der Waals surface area contributed by atoms with Crippen molar-refractivity contribution in [3.8, 4) is 11.3 Å². The summed E-state index contributed by atoms with van der Waals surface area (Å²) in [6.45, 7) is -0.0249. The molecule has 0 spiro atoms. The van der Waals surface area contributed by atoms with Gasteiger partial charge in [0.15, 0.2) is 0 Å². The van der Waals surface area contributed by atoms with Crippen LogP contribution >= 0.6 is 10.7 Å². The van der Waals surface area contributed by atoms with Crippen LogP contribution in [-0.2, 0) is 13.8 Å². The van der Waals surface area contributed by atoms with Gasteiger partial charge in [-0.05, 0) is 6.07 Å². The minimum absolute atomic E-state index is 0.0249. The van der Waals surface area contributed by atoms with Gasteiger partial charge in [-0.15, -0.1) is 0 Å². The molecule has 1 aliphatic heterocycles. The third-order valence-electron chi connectivity index (χ3n) is 3.44. The molecule has 2 aromatic rings. The molecule has 1 atom stereocenters. The van der Waals surface area contributed by atoms with Gasteiger partial charge in [0.05, 0.1) is 5.69 Å². The lowest BCUT2D eigenvalue weighted by atomic mass is 10.1. The van der Waals surface area contributed by atoms with Gasteiger partial charge in [0.1, 0.15) is 5.25 Å². The second-order valence-electron chi connectivity index (χ2n) is 4.91. The summed E-state index contributed by atoms with van der Waals surface area (Å²) in [4.78, 5) is 21.7. The van der Waals surface area contributed by atoms with E-state index in [1.54, 1.807) is 12.3 Å². The predicted octanol–water partition coefficient (Wildman–Crippen LogP) is 1.82. The van der Waals surface area contributed by atoms with Crippen LogP contribution in [-0.4, -0.2) is 36.1 Å². The summed E-state index contributed by atoms with van der Waals surface area (Å²) in [5.41, 5.74) is 1.55. The van der Waals surface area contributed by atoms with Crippen molar-refractivity contribution >= 4 is 31.6 Å². The maximum Gasteiger partial charge on any atom is 0.237 e. The molecule has 6 nitrogen and oxygen atoms in total. The van der Waals surface area contributed by atoms with Crippen LogP contribution in [0.3, 0.4) is 0 Å². The van der Waals surface area contributed by atoms with Crippen molar-refractivity contribution in [2.75, 3.05) is 11.4 Å². The van der Waals surface area contributed by atoms with Crippen LogP contribution in [0.5, 0.6) is 0 Å². The number of hydrogen-bond acceptors (Lipinski definition) is 5. The van der Waals surface area contributed by atoms with Crippen molar-refractivity contribution in [2.24, 2.45) is 0 Å². The van der Waals surface area contributed by atoms with Gasteiger partial charge in [0.2, 0.25) is 20.9 Å². The second kappa shape index (κ2) is 5.66. The third-order valence-corrected chi connectivity index (χ3v) is 5.31. The molecule has 0 aliphatic carbocycles. The fraction of sp³-hybridized carbons (Fsp3) is 0.214. The minimum Gasteiger partial charge on any atom is -0.279 e. The summed E-state index contributed by atoms with van der Waals surface area (Å²) < 4.78 is 22.8. The molecule has 22 heavy (non-hydrogen) atoms. The van der Waals surface area contributed by atoms with Crippen LogP contribution in [0.15, 0.2) is 42.6 Å². The topological polar surface area (TPSA) is 80.2 Å². The smallest absolute Gasteiger partial charge is 0.237 e. The molecule has 8 heteroatoms. The number of hydrogen-bond donors (Lipinski definition) is 0. The Balaban J connectivity index is 1.92. The van der Waals surface area contributed by atoms with Crippen molar-refractivity contribution in [3.63, 3.8) is 0 Å². The van der Waals surface area contributed by atoms with Gasteiger partial charge in [-0.1, -0.05) is 30.3 Å². The number of aromatic nitrogens is 2. The number of benzene rings is 1. The summed E-state index contributed by atoms with van der Waals surface area (Å²) in [5.74, 6) is -0.159. The molecule has 3 rings (SSSR count). The lowest BCUT2D eigenvalue weighted by Crippen LogP contribution is -2.28. The average molecular weight is 338 g/mol. The van der Waals surface area contributed by atoms with Crippen LogP contribution in [0.4, 0.5) is 5.95 Å². The van der Waals surface area contributed by atoms with E-state index in [1.807, 2.05) is 30.3 Å². The Morgan fingerprint density at radius 3 is 2.55 bits per heavy atom. The minimum atomic E-state index is -3.78. The van der Waals surface area contributed by atoms with E-state index in [2.05, 4.69) is 9.97 Å². The maximum atomic E-state index is 12.0. The fourth-order valence-electron chi connectivity index (χ4n) is 2.30. The lowest BCUT2D eigenvalue weighted by molar-refractivity contribution is -0.117. The van der Waals surface area contributed by atoms with Gasteiger partial charge < -0.3 is 0 Å². The van der Waals surface area contributed by atoms with E-state index in [-0.39, 0.29) is 24.8 Å². The van der Waals surface area contributed by atoms with Crippen molar-refractivity contribution in [1.82, 2.24) is 9.97 Å². The van der Waals surface area contributed by atoms with Gasteiger partial charge >= 0.3 is 0 Å². The molecule has 1 aromatic heterocycles. The van der Waals surface area contributed by atoms with Crippen molar-refractivity contribution in [1.29, 1.82) is 0 Å². The van der Waals surface area contributed by atoms with E-state index in [0.29, 0.717) is 5.69 Å². The molecule has 1 amide bonds. The number of halogens is 1. The highest BCUT2D eigenvalue weighted by molar-refractivity contribution is 8.14. The Morgan fingerprint density at radius 2 is 1.91 bits per heavy atom. The Morgan fingerprint density at radius 1 is 1.18 bits per heavy atom. The zero-order valence-electron chi connectivity index (χ0n) is 11.4. The summed E-state index contributed by atoms with van der Waals surface area (Å²) in [5, 5.41) is -0.925. The van der Waals surface area contributed by atoms with Crippen LogP contribution in [0.25, 0.3) is 11.3 Å². The highest BCUT2D eigenvalue weighted by Gasteiger charge is 2.39. The van der Waals surface area contributed by atoms with E-state index < -0.39 is 14.3 Å². The summed E-state index contributed by atoms with van der Waals surface area (Å²) in [6.07, 6.45) is 1.39. The quantitative estimate of drug-likeness (QED) is 0.798. The van der Waals surface area contributed by atoms with Crippen molar-refractivity contribution in [2.45, 2.75) is 11.7 Å². The van der Waals surface area contributed by atoms with Gasteiger partial charge in [-0.25, -0.2) is 18.4 Å². The summed E-state index contributed by atoms with van der Waals surface area (Å²) in [6, 6.07) is 11.2. The van der Waals surface area contributed by atoms with Crippen LogP contribution in [0, 0.1) is 0 Å². The second-order valence-corrected chi connectivity index (χ2v) is 7.82. The largest absolute Gasteiger partial charge is 0.279 e. The fourth-order valence-corrected chi connectivity index (χ4v) is 3.33. The molecule has 0 radical (unpaired) electrons. The van der Waals surface area contributed by atoms with Gasteiger partial charge in [0, 0.05) is 35.4 Å². The van der Waals surface area contributed by atoms with Crippen molar-refractivity contribution < 1.29 is 13.2 Å². The molecular formula is C14H12ClN3O3S. The first kappa shape index (κ1) is 14.9. The Bertz CT molecular complexity index is 811. The van der Waals surface area contributed by atoms with E-state index in [9.17, 15) is 13.2 Å². The van der Waals surface area contributed by atoms with Crippen LogP contribution in [0.1, 0.15) is 6.42 Å². The number of nitrogens with zero attached hydrogens (tertiary/aromatic N) is 3. The van der Waals surface area contributed by atoms with Crippen molar-refractivity contribution in [3.05, 3.63) is 42.6 Å². The Labute approximate surface area is 132 Å². The van der Waals surface area contributed by atoms with Gasteiger partial charge in [-0.3, -0.25) is 9.69 Å². The summed E-state index contributed by atoms with van der Waals surface area (Å²) >= 11 is 0. The first-order valence-electron chi connectivity index (χ1n) is 6.57. The number of rotatable bonds is 3. The number of amides is 1. The third kappa shape index (κ3) is 2.95. The van der Waals surface area contributed by atoms with E-state index in [0.717, 1.165) is 5.56 Å². The first-order valence-corrected chi connectivity index (χ1v) is 8.95. The molecule has 1 unspecified atom stereocenters. The molecule has 0 bridgehead atoms. The molecule has 1 saturated heterocycles. The molecule has 114 valence electrons. The van der Waals surface area contributed by atoms with E-state index in [1.165, 1.54) is 4.90 Å². The summed E-state index contributed by atoms with van der Waals surface area (Å²) in [7, 11) is 1.55. The molecule has 1 fully saturated rings. The Kier molecular flexibility index (Phi) is 3.84. The van der Waals surface area contributed by atoms with Crippen LogP contribution < -0.4 is 4.90 Å². The lowest BCUT2D eigenvalue weighted by Gasteiger charge is -2.14. The highest BCUT2D eigenvalue weighted by atomic mass is 35.7. The highest BCUT2D eigenvalue weighted by Crippen LogP contribution is 2.26. The number of carbonyl (C=O) groups is 1. The predicted molar refractivity (Wildman–Crippen MR) is 83.0 cm³/mol. The first-order chi connectivity index (χ1) is 10.4. The average Bonchev–Trinajstić information content (AvgIpc) is 2.90. The zero-order valence-corrected chi connectivity index (χ0v) is 13.0. The van der Waals surface area contributed by atoms with E-state index >= 15 is 0 Å². The van der Waals surface area contributed by atoms with E-state index in [4.69, 9.17) is 10.7 Å². The normalized spacial score (nSPS) is 18.7. The standard InChI is InChI=1S/C14H12ClN3O3S/c15-22(20,21)11-8-13(19)18(9-11)14-16-7-6-12(17-14)10-4-2-1-3-5-10/h1-7,11H,8-9H2. The SMILES string of the molecule is O=C1CC(S(=O)(=O)Cl)CN1c1nccc(-c2ccccc2)n1. The Hall–Kier alpha value is -1.99. The molecular weight excluding hydrogens is 326 g/mol. The molecule has 0 saturated carbocycles. The van der Waals surface area contributed by atoms with Gasteiger partial charge in [0.25, 0.3) is 0 Å². The number of anilines is 1. The molecule has 1 aliphatic rings. The maximum absolute atomic E-state index is 12.0. The molecule has 1 aromatic carbocycles.